The Labute approximate surface area is 89.6 Å². The standard InChI is InChI=1S/C10H18N4O/c1-4-11-5-2-9(1)7-12-6-3-10-13-8-14-15-10/h8-9,11-12H,1-7H2. The summed E-state index contributed by atoms with van der Waals surface area (Å²) in [5, 5.41) is 10.4. The summed E-state index contributed by atoms with van der Waals surface area (Å²) in [5.41, 5.74) is 0. The van der Waals surface area contributed by atoms with E-state index in [4.69, 9.17) is 4.52 Å². The van der Waals surface area contributed by atoms with Crippen LogP contribution in [0.15, 0.2) is 10.9 Å². The summed E-state index contributed by atoms with van der Waals surface area (Å²) in [6.45, 7) is 4.36. The second kappa shape index (κ2) is 5.82. The van der Waals surface area contributed by atoms with Gasteiger partial charge in [0.05, 0.1) is 0 Å². The first-order valence-electron chi connectivity index (χ1n) is 5.62. The van der Waals surface area contributed by atoms with Gasteiger partial charge in [-0.2, -0.15) is 4.98 Å². The van der Waals surface area contributed by atoms with Crippen LogP contribution in [-0.2, 0) is 6.42 Å². The van der Waals surface area contributed by atoms with Crippen LogP contribution in [0.2, 0.25) is 0 Å². The molecule has 0 radical (unpaired) electrons. The highest BCUT2D eigenvalue weighted by molar-refractivity contribution is 4.76. The average Bonchev–Trinajstić information content (AvgIpc) is 2.79. The minimum atomic E-state index is 0.716. The molecule has 1 aliphatic heterocycles. The molecule has 0 atom stereocenters. The molecule has 84 valence electrons. The van der Waals surface area contributed by atoms with E-state index < -0.39 is 0 Å². The third-order valence-electron chi connectivity index (χ3n) is 2.81. The van der Waals surface area contributed by atoms with E-state index in [2.05, 4.69) is 20.8 Å². The van der Waals surface area contributed by atoms with E-state index in [1.54, 1.807) is 0 Å². The molecular formula is C10H18N4O. The molecule has 0 aliphatic carbocycles. The van der Waals surface area contributed by atoms with E-state index in [0.29, 0.717) is 5.89 Å². The molecule has 1 saturated heterocycles. The molecule has 0 amide bonds. The predicted molar refractivity (Wildman–Crippen MR) is 56.5 cm³/mol. The Hall–Kier alpha value is -0.940. The fourth-order valence-electron chi connectivity index (χ4n) is 1.89. The van der Waals surface area contributed by atoms with Gasteiger partial charge in [0.1, 0.15) is 0 Å². The monoisotopic (exact) mass is 210 g/mol. The quantitative estimate of drug-likeness (QED) is 0.680. The zero-order valence-corrected chi connectivity index (χ0v) is 8.91. The molecule has 5 heteroatoms. The number of piperidine rings is 1. The van der Waals surface area contributed by atoms with E-state index in [1.807, 2.05) is 0 Å². The smallest absolute Gasteiger partial charge is 0.227 e. The minimum Gasteiger partial charge on any atom is -0.340 e. The summed E-state index contributed by atoms with van der Waals surface area (Å²) >= 11 is 0. The van der Waals surface area contributed by atoms with Gasteiger partial charge in [-0.1, -0.05) is 5.16 Å². The zero-order valence-electron chi connectivity index (χ0n) is 8.91. The first-order chi connectivity index (χ1) is 7.45. The van der Waals surface area contributed by atoms with Gasteiger partial charge in [0, 0.05) is 13.0 Å². The molecule has 1 fully saturated rings. The predicted octanol–water partition coefficient (Wildman–Crippen LogP) is 0.201. The van der Waals surface area contributed by atoms with Crippen LogP contribution in [0.3, 0.4) is 0 Å². The van der Waals surface area contributed by atoms with E-state index in [-0.39, 0.29) is 0 Å². The van der Waals surface area contributed by atoms with Crippen LogP contribution < -0.4 is 10.6 Å². The summed E-state index contributed by atoms with van der Waals surface area (Å²) in [5.74, 6) is 1.54. The Balaban J connectivity index is 1.54. The van der Waals surface area contributed by atoms with Gasteiger partial charge in [0.2, 0.25) is 5.89 Å². The van der Waals surface area contributed by atoms with Crippen molar-refractivity contribution in [1.82, 2.24) is 20.8 Å². The lowest BCUT2D eigenvalue weighted by Crippen LogP contribution is -2.34. The molecule has 0 bridgehead atoms. The molecule has 0 aromatic carbocycles. The molecule has 1 aromatic rings. The maximum Gasteiger partial charge on any atom is 0.227 e. The van der Waals surface area contributed by atoms with Crippen LogP contribution in [0.4, 0.5) is 0 Å². The number of nitrogens with one attached hydrogen (secondary N) is 2. The van der Waals surface area contributed by atoms with Crippen molar-refractivity contribution < 1.29 is 4.52 Å². The van der Waals surface area contributed by atoms with Gasteiger partial charge in [-0.05, 0) is 38.4 Å². The van der Waals surface area contributed by atoms with Gasteiger partial charge >= 0.3 is 0 Å². The number of nitrogens with zero attached hydrogens (tertiary/aromatic N) is 2. The van der Waals surface area contributed by atoms with Crippen LogP contribution in [0.5, 0.6) is 0 Å². The lowest BCUT2D eigenvalue weighted by atomic mass is 9.98. The highest BCUT2D eigenvalue weighted by Crippen LogP contribution is 2.09. The van der Waals surface area contributed by atoms with Crippen molar-refractivity contribution in [3.63, 3.8) is 0 Å². The van der Waals surface area contributed by atoms with Crippen molar-refractivity contribution in [3.8, 4) is 0 Å². The summed E-state index contributed by atoms with van der Waals surface area (Å²) in [7, 11) is 0. The maximum atomic E-state index is 4.91. The van der Waals surface area contributed by atoms with Crippen LogP contribution in [0.1, 0.15) is 18.7 Å². The Morgan fingerprint density at radius 1 is 1.47 bits per heavy atom. The molecule has 15 heavy (non-hydrogen) atoms. The second-order valence-corrected chi connectivity index (χ2v) is 3.98. The van der Waals surface area contributed by atoms with Crippen molar-refractivity contribution in [3.05, 3.63) is 12.2 Å². The van der Waals surface area contributed by atoms with E-state index in [1.165, 1.54) is 19.2 Å². The second-order valence-electron chi connectivity index (χ2n) is 3.98. The largest absolute Gasteiger partial charge is 0.340 e. The number of hydrogen-bond acceptors (Lipinski definition) is 5. The highest BCUT2D eigenvalue weighted by atomic mass is 16.5. The minimum absolute atomic E-state index is 0.716. The van der Waals surface area contributed by atoms with Gasteiger partial charge in [-0.25, -0.2) is 0 Å². The summed E-state index contributed by atoms with van der Waals surface area (Å²) < 4.78 is 4.91. The van der Waals surface area contributed by atoms with Crippen LogP contribution in [0.25, 0.3) is 0 Å². The van der Waals surface area contributed by atoms with E-state index in [0.717, 1.165) is 38.5 Å². The third-order valence-corrected chi connectivity index (χ3v) is 2.81. The third kappa shape index (κ3) is 3.60. The lowest BCUT2D eigenvalue weighted by Gasteiger charge is -2.22. The summed E-state index contributed by atoms with van der Waals surface area (Å²) in [4.78, 5) is 3.97. The molecule has 0 unspecified atom stereocenters. The van der Waals surface area contributed by atoms with E-state index in [9.17, 15) is 0 Å². The fraction of sp³-hybridized carbons (Fsp3) is 0.800. The Kier molecular flexibility index (Phi) is 4.11. The highest BCUT2D eigenvalue weighted by Gasteiger charge is 2.11. The molecule has 2 N–H and O–H groups in total. The summed E-state index contributed by atoms with van der Waals surface area (Å²) in [6, 6.07) is 0. The molecule has 0 spiro atoms. The number of aromatic nitrogens is 2. The molecule has 1 aromatic heterocycles. The van der Waals surface area contributed by atoms with Gasteiger partial charge in [0.15, 0.2) is 6.33 Å². The normalized spacial score (nSPS) is 18.1. The maximum absolute atomic E-state index is 4.91. The molecule has 0 saturated carbocycles. The van der Waals surface area contributed by atoms with Crippen molar-refractivity contribution in [2.24, 2.45) is 5.92 Å². The van der Waals surface area contributed by atoms with Crippen molar-refractivity contribution in [2.75, 3.05) is 26.2 Å². The molecular weight excluding hydrogens is 192 g/mol. The molecule has 2 heterocycles. The number of rotatable bonds is 5. The summed E-state index contributed by atoms with van der Waals surface area (Å²) in [6.07, 6.45) is 4.84. The first-order valence-corrected chi connectivity index (χ1v) is 5.62. The molecule has 1 aliphatic rings. The molecule has 2 rings (SSSR count). The topological polar surface area (TPSA) is 63.0 Å². The van der Waals surface area contributed by atoms with Gasteiger partial charge in [-0.3, -0.25) is 0 Å². The Morgan fingerprint density at radius 3 is 3.07 bits per heavy atom. The van der Waals surface area contributed by atoms with Gasteiger partial charge in [0.25, 0.3) is 0 Å². The van der Waals surface area contributed by atoms with Crippen LogP contribution in [-0.4, -0.2) is 36.3 Å². The number of hydrogen-bond donors (Lipinski definition) is 2. The average molecular weight is 210 g/mol. The van der Waals surface area contributed by atoms with Gasteiger partial charge in [-0.15, -0.1) is 0 Å². The van der Waals surface area contributed by atoms with Crippen molar-refractivity contribution in [1.29, 1.82) is 0 Å². The SMILES string of the molecule is c1noc(CCNCC2CCNCC2)n1. The Morgan fingerprint density at radius 2 is 2.33 bits per heavy atom. The fourth-order valence-corrected chi connectivity index (χ4v) is 1.89. The Bertz CT molecular complexity index is 256. The first kappa shape index (κ1) is 10.6. The lowest BCUT2D eigenvalue weighted by molar-refractivity contribution is 0.347. The zero-order chi connectivity index (χ0) is 10.3. The van der Waals surface area contributed by atoms with Crippen molar-refractivity contribution >= 4 is 0 Å². The van der Waals surface area contributed by atoms with Crippen LogP contribution in [0, 0.1) is 5.92 Å². The molecule has 5 nitrogen and oxygen atoms in total. The van der Waals surface area contributed by atoms with Crippen LogP contribution >= 0.6 is 0 Å². The van der Waals surface area contributed by atoms with Gasteiger partial charge < -0.3 is 15.2 Å². The van der Waals surface area contributed by atoms with E-state index >= 15 is 0 Å². The van der Waals surface area contributed by atoms with Crippen molar-refractivity contribution in [2.45, 2.75) is 19.3 Å².